The summed E-state index contributed by atoms with van der Waals surface area (Å²) in [6, 6.07) is 4.50. The van der Waals surface area contributed by atoms with Crippen molar-refractivity contribution in [3.8, 4) is 0 Å². The fourth-order valence-electron chi connectivity index (χ4n) is 6.06. The molecule has 1 aliphatic carbocycles. The third-order valence-corrected chi connectivity index (χ3v) is 8.31. The molecule has 4 atom stereocenters. The average Bonchev–Trinajstić information content (AvgIpc) is 3.29. The molecule has 4 unspecified atom stereocenters. The van der Waals surface area contributed by atoms with E-state index in [4.69, 9.17) is 4.74 Å². The Labute approximate surface area is 230 Å². The number of nitrogens with zero attached hydrogens (tertiary/aromatic N) is 2. The minimum absolute atomic E-state index is 0.101. The molecule has 0 radical (unpaired) electrons. The van der Waals surface area contributed by atoms with E-state index in [1.165, 1.54) is 18.4 Å². The van der Waals surface area contributed by atoms with Crippen molar-refractivity contribution in [1.29, 1.82) is 0 Å². The van der Waals surface area contributed by atoms with Crippen LogP contribution in [0.1, 0.15) is 115 Å². The summed E-state index contributed by atoms with van der Waals surface area (Å²) in [6.07, 6.45) is 21.9. The molecule has 6 nitrogen and oxygen atoms in total. The predicted molar refractivity (Wildman–Crippen MR) is 152 cm³/mol. The van der Waals surface area contributed by atoms with Crippen LogP contribution in [0.15, 0.2) is 36.7 Å². The average molecular weight is 527 g/mol. The summed E-state index contributed by atoms with van der Waals surface area (Å²) < 4.78 is 5.55. The lowest BCUT2D eigenvalue weighted by Crippen LogP contribution is -2.36. The van der Waals surface area contributed by atoms with E-state index >= 15 is 0 Å². The summed E-state index contributed by atoms with van der Waals surface area (Å²) in [7, 11) is 0. The number of pyridine rings is 1. The van der Waals surface area contributed by atoms with Crippen LogP contribution in [0.4, 0.5) is 0 Å². The molecule has 1 aliphatic heterocycles. The highest BCUT2D eigenvalue weighted by molar-refractivity contribution is 5.83. The molecule has 0 spiro atoms. The Morgan fingerprint density at radius 3 is 2.87 bits per heavy atom. The maximum Gasteiger partial charge on any atom is 0.305 e. The zero-order valence-corrected chi connectivity index (χ0v) is 23.6. The highest BCUT2D eigenvalue weighted by atomic mass is 16.5. The monoisotopic (exact) mass is 526 g/mol. The molecule has 38 heavy (non-hydrogen) atoms. The molecule has 3 rings (SSSR count). The fraction of sp³-hybridized carbons (Fsp3) is 0.719. The number of aliphatic hydroxyl groups is 1. The predicted octanol–water partition coefficient (Wildman–Crippen LogP) is 6.59. The highest BCUT2D eigenvalue weighted by Gasteiger charge is 2.32. The standard InChI is InChI=1S/C32H50N2O4/c1-2-3-6-13-28(35)19-17-26-18-20-31(36)29(26)14-7-4-5-8-16-32(37)38-24-23-34-22-10-9-15-30(34)27-12-11-21-33-25-27/h11-12,17,19,21,25-26,28-30,35H,2-10,13-16,18,20,22-24H2,1H3. The van der Waals surface area contributed by atoms with E-state index in [-0.39, 0.29) is 23.9 Å². The van der Waals surface area contributed by atoms with Crippen molar-refractivity contribution < 1.29 is 19.4 Å². The van der Waals surface area contributed by atoms with Crippen LogP contribution in [0.3, 0.4) is 0 Å². The number of allylic oxidation sites excluding steroid dienone is 1. The zero-order chi connectivity index (χ0) is 27.0. The fourth-order valence-corrected chi connectivity index (χ4v) is 6.06. The molecule has 0 amide bonds. The largest absolute Gasteiger partial charge is 0.464 e. The number of likely N-dealkylation sites (tertiary alicyclic amines) is 1. The molecule has 6 heteroatoms. The first kappa shape index (κ1) is 30.5. The molecule has 1 aromatic rings. The van der Waals surface area contributed by atoms with E-state index in [0.29, 0.717) is 31.3 Å². The summed E-state index contributed by atoms with van der Waals surface area (Å²) in [6.45, 7) is 4.42. The first-order valence-electron chi connectivity index (χ1n) is 15.3. The number of carbonyl (C=O) groups excluding carboxylic acids is 2. The molecule has 1 saturated heterocycles. The molecule has 1 aromatic heterocycles. The van der Waals surface area contributed by atoms with Crippen molar-refractivity contribution in [3.63, 3.8) is 0 Å². The van der Waals surface area contributed by atoms with Gasteiger partial charge in [0.1, 0.15) is 12.4 Å². The number of hydrogen-bond acceptors (Lipinski definition) is 6. The van der Waals surface area contributed by atoms with Gasteiger partial charge in [-0.1, -0.05) is 70.1 Å². The van der Waals surface area contributed by atoms with E-state index < -0.39 is 0 Å². The number of rotatable bonds is 17. The summed E-state index contributed by atoms with van der Waals surface area (Å²) in [4.78, 5) is 31.3. The molecule has 1 saturated carbocycles. The number of aromatic nitrogens is 1. The quantitative estimate of drug-likeness (QED) is 0.140. The highest BCUT2D eigenvalue weighted by Crippen LogP contribution is 2.34. The van der Waals surface area contributed by atoms with Crippen molar-refractivity contribution in [2.24, 2.45) is 11.8 Å². The molecule has 1 N–H and O–H groups in total. The second-order valence-electron chi connectivity index (χ2n) is 11.2. The first-order chi connectivity index (χ1) is 18.6. The third kappa shape index (κ3) is 10.6. The third-order valence-electron chi connectivity index (χ3n) is 8.31. The number of ketones is 1. The van der Waals surface area contributed by atoms with E-state index in [1.807, 2.05) is 24.5 Å². The van der Waals surface area contributed by atoms with E-state index in [9.17, 15) is 14.7 Å². The Balaban J connectivity index is 1.25. The van der Waals surface area contributed by atoms with Gasteiger partial charge in [0.2, 0.25) is 0 Å². The van der Waals surface area contributed by atoms with Crippen molar-refractivity contribution in [3.05, 3.63) is 42.2 Å². The van der Waals surface area contributed by atoms with E-state index in [1.54, 1.807) is 0 Å². The van der Waals surface area contributed by atoms with Gasteiger partial charge in [-0.2, -0.15) is 0 Å². The number of aliphatic hydroxyl groups excluding tert-OH is 1. The van der Waals surface area contributed by atoms with Gasteiger partial charge in [0, 0.05) is 43.7 Å². The number of hydrogen-bond donors (Lipinski definition) is 1. The molecular formula is C32H50N2O4. The van der Waals surface area contributed by atoms with Gasteiger partial charge >= 0.3 is 5.97 Å². The van der Waals surface area contributed by atoms with Crippen LogP contribution in [0.2, 0.25) is 0 Å². The summed E-state index contributed by atoms with van der Waals surface area (Å²) in [5, 5.41) is 10.2. The molecular weight excluding hydrogens is 476 g/mol. The molecule has 2 heterocycles. The Hall–Kier alpha value is -2.05. The van der Waals surface area contributed by atoms with E-state index in [0.717, 1.165) is 83.7 Å². The van der Waals surface area contributed by atoms with Crippen LogP contribution in [0.5, 0.6) is 0 Å². The summed E-state index contributed by atoms with van der Waals surface area (Å²) in [5.41, 5.74) is 1.25. The summed E-state index contributed by atoms with van der Waals surface area (Å²) >= 11 is 0. The van der Waals surface area contributed by atoms with Gasteiger partial charge in [0.05, 0.1) is 6.10 Å². The number of piperidine rings is 1. The first-order valence-corrected chi connectivity index (χ1v) is 15.3. The Morgan fingerprint density at radius 1 is 1.18 bits per heavy atom. The molecule has 0 aromatic carbocycles. The maximum atomic E-state index is 12.4. The SMILES string of the molecule is CCCCCC(O)C=CC1CCC(=O)C1CCCCCCC(=O)OCCN1CCCCC1c1cccnc1. The minimum atomic E-state index is -0.389. The lowest BCUT2D eigenvalue weighted by molar-refractivity contribution is -0.144. The van der Waals surface area contributed by atoms with Gasteiger partial charge in [-0.15, -0.1) is 0 Å². The molecule has 212 valence electrons. The van der Waals surface area contributed by atoms with Crippen LogP contribution in [0.25, 0.3) is 0 Å². The van der Waals surface area contributed by atoms with Gasteiger partial charge < -0.3 is 9.84 Å². The summed E-state index contributed by atoms with van der Waals surface area (Å²) in [5.74, 6) is 0.650. The van der Waals surface area contributed by atoms with Gasteiger partial charge in [-0.25, -0.2) is 0 Å². The van der Waals surface area contributed by atoms with Gasteiger partial charge in [-0.3, -0.25) is 19.5 Å². The van der Waals surface area contributed by atoms with Crippen LogP contribution in [0, 0.1) is 11.8 Å². The molecule has 0 bridgehead atoms. The second kappa shape index (κ2) is 17.5. The van der Waals surface area contributed by atoms with Crippen LogP contribution in [-0.2, 0) is 14.3 Å². The Morgan fingerprint density at radius 2 is 2.05 bits per heavy atom. The van der Waals surface area contributed by atoms with Crippen molar-refractivity contribution in [1.82, 2.24) is 9.88 Å². The van der Waals surface area contributed by atoms with Crippen LogP contribution < -0.4 is 0 Å². The lowest BCUT2D eigenvalue weighted by atomic mass is 9.89. The number of esters is 1. The van der Waals surface area contributed by atoms with Crippen molar-refractivity contribution in [2.75, 3.05) is 19.7 Å². The van der Waals surface area contributed by atoms with Crippen molar-refractivity contribution in [2.45, 2.75) is 115 Å². The second-order valence-corrected chi connectivity index (χ2v) is 11.2. The Kier molecular flexibility index (Phi) is 14.1. The van der Waals surface area contributed by atoms with Crippen molar-refractivity contribution >= 4 is 11.8 Å². The van der Waals surface area contributed by atoms with Gasteiger partial charge in [-0.05, 0) is 62.6 Å². The molecule has 2 fully saturated rings. The smallest absolute Gasteiger partial charge is 0.305 e. The number of carbonyl (C=O) groups is 2. The zero-order valence-electron chi connectivity index (χ0n) is 23.6. The number of ether oxygens (including phenoxy) is 1. The number of unbranched alkanes of at least 4 members (excludes halogenated alkanes) is 5. The number of Topliss-reactive ketones (excluding diaryl/α,β-unsaturated/α-hetero) is 1. The van der Waals surface area contributed by atoms with Gasteiger partial charge in [0.15, 0.2) is 0 Å². The topological polar surface area (TPSA) is 79.7 Å². The maximum absolute atomic E-state index is 12.4. The molecule has 2 aliphatic rings. The van der Waals surface area contributed by atoms with Crippen LogP contribution >= 0.6 is 0 Å². The van der Waals surface area contributed by atoms with Gasteiger partial charge in [0.25, 0.3) is 0 Å². The lowest BCUT2D eigenvalue weighted by Gasteiger charge is -2.35. The Bertz CT molecular complexity index is 843. The minimum Gasteiger partial charge on any atom is -0.464 e. The van der Waals surface area contributed by atoms with E-state index in [2.05, 4.69) is 29.0 Å². The normalized spacial score (nSPS) is 23.2. The van der Waals surface area contributed by atoms with Crippen LogP contribution in [-0.4, -0.2) is 52.5 Å².